The van der Waals surface area contributed by atoms with E-state index in [2.05, 4.69) is 39.5 Å². The summed E-state index contributed by atoms with van der Waals surface area (Å²) in [7, 11) is 0. The van der Waals surface area contributed by atoms with Crippen molar-refractivity contribution in [3.8, 4) is 5.75 Å². The number of esters is 2. The Morgan fingerprint density at radius 3 is 1.64 bits per heavy atom. The predicted molar refractivity (Wildman–Crippen MR) is 232 cm³/mol. The van der Waals surface area contributed by atoms with Gasteiger partial charge in [-0.15, -0.1) is 0 Å². The Bertz CT molecular complexity index is 1250. The number of fused-ring (bicyclic) bond motifs is 5. The lowest BCUT2D eigenvalue weighted by molar-refractivity contribution is -0.147. The van der Waals surface area contributed by atoms with E-state index < -0.39 is 0 Å². The van der Waals surface area contributed by atoms with Crippen LogP contribution in [0.2, 0.25) is 0 Å². The topological polar surface area (TPSA) is 52.6 Å². The number of rotatable bonds is 30. The van der Waals surface area contributed by atoms with Gasteiger partial charge >= 0.3 is 11.9 Å². The van der Waals surface area contributed by atoms with Crippen LogP contribution >= 0.6 is 0 Å². The molecule has 0 N–H and O–H groups in total. The van der Waals surface area contributed by atoms with Gasteiger partial charge in [0.1, 0.15) is 11.9 Å². The zero-order chi connectivity index (χ0) is 39.1. The van der Waals surface area contributed by atoms with Gasteiger partial charge in [0.15, 0.2) is 0 Å². The van der Waals surface area contributed by atoms with Crippen LogP contribution < -0.4 is 4.74 Å². The average Bonchev–Trinajstić information content (AvgIpc) is 3.43. The second-order valence-electron chi connectivity index (χ2n) is 18.4. The average molecular weight is 761 g/mol. The summed E-state index contributed by atoms with van der Waals surface area (Å²) in [5.74, 6) is 2.19. The van der Waals surface area contributed by atoms with Crippen LogP contribution in [0.1, 0.15) is 243 Å². The standard InChI is InChI=1S/C51H84O4/c1-5-7-9-11-13-15-17-19-21-23-25-27-29-31-49(52)54-43-34-36-44-42(39-43)33-35-46-45(44)37-38-51(4)41(3)48(40-47(46)51)55-50(53)32-30-28-26-24-22-20-18-16-14-12-10-8-6-2/h34,36,39,45-48H,3,5-33,35,37-38,40H2,1-2,4H3/t45-,46-,47+,48-,51-/m1/s1. The number of benzene rings is 1. The maximum Gasteiger partial charge on any atom is 0.311 e. The van der Waals surface area contributed by atoms with E-state index in [0.717, 1.165) is 63.4 Å². The Morgan fingerprint density at radius 2 is 1.13 bits per heavy atom. The van der Waals surface area contributed by atoms with E-state index in [-0.39, 0.29) is 23.5 Å². The predicted octanol–water partition coefficient (Wildman–Crippen LogP) is 15.5. The fourth-order valence-electron chi connectivity index (χ4n) is 10.6. The van der Waals surface area contributed by atoms with Crippen LogP contribution in [0.4, 0.5) is 0 Å². The highest BCUT2D eigenvalue weighted by molar-refractivity contribution is 5.72. The summed E-state index contributed by atoms with van der Waals surface area (Å²) in [5, 5.41) is 0. The lowest BCUT2D eigenvalue weighted by atomic mass is 9.55. The summed E-state index contributed by atoms with van der Waals surface area (Å²) < 4.78 is 12.0. The number of hydrogen-bond donors (Lipinski definition) is 0. The third kappa shape index (κ3) is 15.3. The summed E-state index contributed by atoms with van der Waals surface area (Å²) >= 11 is 0. The summed E-state index contributed by atoms with van der Waals surface area (Å²) in [4.78, 5) is 25.7. The zero-order valence-electron chi connectivity index (χ0n) is 36.2. The molecule has 0 amide bonds. The Kier molecular flexibility index (Phi) is 21.6. The van der Waals surface area contributed by atoms with Crippen LogP contribution in [-0.2, 0) is 20.7 Å². The molecule has 312 valence electrons. The smallest absolute Gasteiger partial charge is 0.311 e. The molecule has 1 aromatic carbocycles. The van der Waals surface area contributed by atoms with Crippen molar-refractivity contribution in [3.05, 3.63) is 41.5 Å². The maximum atomic E-state index is 13.0. The maximum absolute atomic E-state index is 13.0. The monoisotopic (exact) mass is 761 g/mol. The molecule has 3 aliphatic rings. The number of aryl methyl sites for hydroxylation is 1. The molecule has 5 atom stereocenters. The number of carbonyl (C=O) groups is 2. The molecule has 0 saturated heterocycles. The van der Waals surface area contributed by atoms with Crippen molar-refractivity contribution in [2.24, 2.45) is 17.3 Å². The number of unbranched alkanes of at least 4 members (excludes halogenated alkanes) is 24. The Hall–Kier alpha value is -2.10. The highest BCUT2D eigenvalue weighted by Crippen LogP contribution is 2.63. The van der Waals surface area contributed by atoms with Crippen LogP contribution in [0.15, 0.2) is 30.4 Å². The summed E-state index contributed by atoms with van der Waals surface area (Å²) in [6, 6.07) is 6.43. The second-order valence-corrected chi connectivity index (χ2v) is 18.4. The van der Waals surface area contributed by atoms with Gasteiger partial charge in [-0.05, 0) is 96.9 Å². The molecular formula is C51H84O4. The first-order chi connectivity index (χ1) is 26.9. The number of hydrogen-bond acceptors (Lipinski definition) is 4. The van der Waals surface area contributed by atoms with Gasteiger partial charge in [0.2, 0.25) is 0 Å². The minimum Gasteiger partial charge on any atom is -0.458 e. The van der Waals surface area contributed by atoms with Crippen LogP contribution in [0, 0.1) is 17.3 Å². The molecule has 0 heterocycles. The minimum atomic E-state index is -0.138. The van der Waals surface area contributed by atoms with Gasteiger partial charge in [-0.3, -0.25) is 9.59 Å². The van der Waals surface area contributed by atoms with Gasteiger partial charge in [-0.2, -0.15) is 0 Å². The van der Waals surface area contributed by atoms with Crippen molar-refractivity contribution in [3.63, 3.8) is 0 Å². The van der Waals surface area contributed by atoms with Crippen molar-refractivity contribution in [1.29, 1.82) is 0 Å². The highest BCUT2D eigenvalue weighted by atomic mass is 16.5. The van der Waals surface area contributed by atoms with Gasteiger partial charge in [0.25, 0.3) is 0 Å². The van der Waals surface area contributed by atoms with Crippen LogP contribution in [-0.4, -0.2) is 18.0 Å². The van der Waals surface area contributed by atoms with Crippen molar-refractivity contribution in [2.45, 2.75) is 245 Å². The molecule has 2 saturated carbocycles. The van der Waals surface area contributed by atoms with Gasteiger partial charge in [0.05, 0.1) is 0 Å². The van der Waals surface area contributed by atoms with E-state index >= 15 is 0 Å². The third-order valence-corrected chi connectivity index (χ3v) is 14.2. The first-order valence-electron chi connectivity index (χ1n) is 24.1. The highest BCUT2D eigenvalue weighted by Gasteiger charge is 2.56. The fourth-order valence-corrected chi connectivity index (χ4v) is 10.6. The Labute approximate surface area is 339 Å². The van der Waals surface area contributed by atoms with Crippen LogP contribution in [0.3, 0.4) is 0 Å². The summed E-state index contributed by atoms with van der Waals surface area (Å²) in [5.41, 5.74) is 4.00. The first kappa shape index (κ1) is 45.6. The molecule has 4 nitrogen and oxygen atoms in total. The second kappa shape index (κ2) is 26.0. The molecule has 2 fully saturated rings. The lowest BCUT2D eigenvalue weighted by Crippen LogP contribution is -2.40. The molecule has 4 heteroatoms. The van der Waals surface area contributed by atoms with Crippen molar-refractivity contribution in [1.82, 2.24) is 0 Å². The molecule has 3 aliphatic carbocycles. The van der Waals surface area contributed by atoms with Gasteiger partial charge < -0.3 is 9.47 Å². The van der Waals surface area contributed by atoms with E-state index in [9.17, 15) is 9.59 Å². The molecule has 4 rings (SSSR count). The molecule has 0 aromatic heterocycles. The molecule has 0 unspecified atom stereocenters. The molecule has 0 radical (unpaired) electrons. The molecule has 55 heavy (non-hydrogen) atoms. The van der Waals surface area contributed by atoms with E-state index in [1.54, 1.807) is 0 Å². The molecule has 1 aromatic rings. The third-order valence-electron chi connectivity index (χ3n) is 14.2. The minimum absolute atomic E-state index is 0.0295. The van der Waals surface area contributed by atoms with Gasteiger partial charge in [-0.25, -0.2) is 0 Å². The van der Waals surface area contributed by atoms with Crippen molar-refractivity contribution in [2.75, 3.05) is 0 Å². The van der Waals surface area contributed by atoms with E-state index in [1.165, 1.54) is 152 Å². The molecule has 0 spiro atoms. The normalized spacial score (nSPS) is 22.9. The lowest BCUT2D eigenvalue weighted by Gasteiger charge is -2.49. The molecule has 0 aliphatic heterocycles. The largest absolute Gasteiger partial charge is 0.458 e. The van der Waals surface area contributed by atoms with Crippen LogP contribution in [0.25, 0.3) is 0 Å². The van der Waals surface area contributed by atoms with Gasteiger partial charge in [-0.1, -0.05) is 188 Å². The SMILES string of the molecule is C=C1[C@H](OC(=O)CCCCCCCCCCCCCCC)C[C@H]2[C@@H]3CCc4cc(OC(=O)CCCCCCCCCCCCCCC)ccc4[C@H]3CC[C@]12C. The van der Waals surface area contributed by atoms with Crippen molar-refractivity contribution < 1.29 is 19.1 Å². The fraction of sp³-hybridized carbons (Fsp3) is 0.804. The molecular weight excluding hydrogens is 677 g/mol. The van der Waals surface area contributed by atoms with E-state index in [0.29, 0.717) is 36.3 Å². The van der Waals surface area contributed by atoms with Gasteiger partial charge in [0, 0.05) is 12.8 Å². The Balaban J connectivity index is 1.09. The van der Waals surface area contributed by atoms with Crippen molar-refractivity contribution >= 4 is 11.9 Å². The number of carbonyl (C=O) groups excluding carboxylic acids is 2. The van der Waals surface area contributed by atoms with E-state index in [1.807, 2.05) is 6.07 Å². The summed E-state index contributed by atoms with van der Waals surface area (Å²) in [6.07, 6.45) is 40.2. The number of ether oxygens (including phenoxy) is 2. The Morgan fingerprint density at radius 1 is 0.655 bits per heavy atom. The van der Waals surface area contributed by atoms with E-state index in [4.69, 9.17) is 9.47 Å². The first-order valence-corrected chi connectivity index (χ1v) is 24.1. The zero-order valence-corrected chi connectivity index (χ0v) is 36.2. The summed E-state index contributed by atoms with van der Waals surface area (Å²) in [6.45, 7) is 11.5. The quantitative estimate of drug-likeness (QED) is 0.0339. The molecule has 0 bridgehead atoms. The van der Waals surface area contributed by atoms with Crippen LogP contribution in [0.5, 0.6) is 5.75 Å².